The molecule has 0 aliphatic heterocycles. The molecule has 0 radical (unpaired) electrons. The van der Waals surface area contributed by atoms with Crippen molar-refractivity contribution in [3.05, 3.63) is 40.5 Å². The van der Waals surface area contributed by atoms with Gasteiger partial charge in [0.05, 0.1) is 10.4 Å². The molecule has 0 fully saturated rings. The van der Waals surface area contributed by atoms with Gasteiger partial charge in [0.25, 0.3) is 5.91 Å². The largest absolute Gasteiger partial charge is 0.349 e. The summed E-state index contributed by atoms with van der Waals surface area (Å²) in [5.74, 6) is -0.202. The van der Waals surface area contributed by atoms with Gasteiger partial charge in [0.1, 0.15) is 5.69 Å². The molecule has 0 spiro atoms. The third-order valence-electron chi connectivity index (χ3n) is 2.32. The molecule has 18 heavy (non-hydrogen) atoms. The second-order valence-electron chi connectivity index (χ2n) is 3.58. The van der Waals surface area contributed by atoms with Crippen molar-refractivity contribution >= 4 is 28.8 Å². The summed E-state index contributed by atoms with van der Waals surface area (Å²) in [6.07, 6.45) is 0. The van der Waals surface area contributed by atoms with Crippen molar-refractivity contribution in [2.75, 3.05) is 13.1 Å². The number of carbonyl (C=O) groups is 1. The molecule has 3 N–H and O–H groups in total. The molecule has 4 nitrogen and oxygen atoms in total. The van der Waals surface area contributed by atoms with Gasteiger partial charge in [0.2, 0.25) is 0 Å². The van der Waals surface area contributed by atoms with Crippen LogP contribution in [0.4, 0.5) is 0 Å². The second kappa shape index (κ2) is 5.95. The van der Waals surface area contributed by atoms with Gasteiger partial charge in [0.15, 0.2) is 0 Å². The highest BCUT2D eigenvalue weighted by Crippen LogP contribution is 2.28. The minimum absolute atomic E-state index is 0.202. The molecule has 1 aromatic carbocycles. The Morgan fingerprint density at radius 3 is 2.78 bits per heavy atom. The first-order valence-electron chi connectivity index (χ1n) is 5.40. The molecule has 1 heterocycles. The van der Waals surface area contributed by atoms with Gasteiger partial charge in [-0.3, -0.25) is 4.79 Å². The lowest BCUT2D eigenvalue weighted by atomic mass is 10.1. The van der Waals surface area contributed by atoms with Crippen LogP contribution in [0.1, 0.15) is 10.5 Å². The fraction of sp³-hybridized carbons (Fsp3) is 0.167. The lowest BCUT2D eigenvalue weighted by molar-refractivity contribution is 0.0951. The lowest BCUT2D eigenvalue weighted by Gasteiger charge is -2.04. The predicted molar refractivity (Wildman–Crippen MR) is 73.9 cm³/mol. The van der Waals surface area contributed by atoms with Gasteiger partial charge in [0, 0.05) is 18.1 Å². The van der Waals surface area contributed by atoms with Crippen molar-refractivity contribution < 1.29 is 4.79 Å². The van der Waals surface area contributed by atoms with Crippen molar-refractivity contribution in [2.24, 2.45) is 5.73 Å². The smallest absolute Gasteiger partial charge is 0.271 e. The number of halogens is 1. The molecule has 2 aromatic rings. The van der Waals surface area contributed by atoms with Crippen LogP contribution in [-0.4, -0.2) is 24.0 Å². The van der Waals surface area contributed by atoms with Crippen molar-refractivity contribution in [3.8, 4) is 10.4 Å². The summed E-state index contributed by atoms with van der Waals surface area (Å²) in [7, 11) is 0. The fourth-order valence-corrected chi connectivity index (χ4v) is 2.40. The van der Waals surface area contributed by atoms with Crippen molar-refractivity contribution in [1.29, 1.82) is 0 Å². The maximum atomic E-state index is 11.9. The van der Waals surface area contributed by atoms with E-state index in [2.05, 4.69) is 10.3 Å². The van der Waals surface area contributed by atoms with Gasteiger partial charge >= 0.3 is 0 Å². The Hall–Kier alpha value is -1.43. The zero-order chi connectivity index (χ0) is 13.0. The Kier molecular flexibility index (Phi) is 4.30. The number of hydrogen-bond donors (Lipinski definition) is 2. The average Bonchev–Trinajstić information content (AvgIpc) is 2.86. The topological polar surface area (TPSA) is 68.0 Å². The van der Waals surface area contributed by atoms with Crippen molar-refractivity contribution in [3.63, 3.8) is 0 Å². The first-order valence-corrected chi connectivity index (χ1v) is 6.66. The van der Waals surface area contributed by atoms with Crippen LogP contribution in [0.2, 0.25) is 5.02 Å². The standard InChI is InChI=1S/C12H12ClN3OS/c13-9-3-1-8(2-4-9)11-10(16-7-18-11)12(17)15-6-5-14/h1-4,7H,5-6,14H2,(H,15,17). The number of nitrogens with one attached hydrogen (secondary N) is 1. The summed E-state index contributed by atoms with van der Waals surface area (Å²) in [5.41, 5.74) is 8.36. The highest BCUT2D eigenvalue weighted by atomic mass is 35.5. The predicted octanol–water partition coefficient (Wildman–Crippen LogP) is 2.15. The summed E-state index contributed by atoms with van der Waals surface area (Å²) < 4.78 is 0. The van der Waals surface area contributed by atoms with E-state index in [4.69, 9.17) is 17.3 Å². The van der Waals surface area contributed by atoms with Crippen LogP contribution < -0.4 is 11.1 Å². The molecule has 0 atom stereocenters. The Morgan fingerprint density at radius 1 is 1.39 bits per heavy atom. The third kappa shape index (κ3) is 2.87. The average molecular weight is 282 g/mol. The SMILES string of the molecule is NCCNC(=O)c1ncsc1-c1ccc(Cl)cc1. The molecule has 1 aromatic heterocycles. The minimum atomic E-state index is -0.202. The van der Waals surface area contributed by atoms with E-state index in [-0.39, 0.29) is 5.91 Å². The van der Waals surface area contributed by atoms with Gasteiger partial charge in [-0.05, 0) is 17.7 Å². The molecule has 0 aliphatic carbocycles. The molecule has 0 unspecified atom stereocenters. The third-order valence-corrected chi connectivity index (χ3v) is 3.45. The van der Waals surface area contributed by atoms with Gasteiger partial charge in [-0.25, -0.2) is 4.98 Å². The first kappa shape index (κ1) is 13.0. The minimum Gasteiger partial charge on any atom is -0.349 e. The van der Waals surface area contributed by atoms with E-state index >= 15 is 0 Å². The van der Waals surface area contributed by atoms with E-state index in [1.165, 1.54) is 11.3 Å². The van der Waals surface area contributed by atoms with E-state index in [0.717, 1.165) is 10.4 Å². The maximum absolute atomic E-state index is 11.9. The highest BCUT2D eigenvalue weighted by Gasteiger charge is 2.15. The quantitative estimate of drug-likeness (QED) is 0.902. The van der Waals surface area contributed by atoms with Crippen LogP contribution in [0.3, 0.4) is 0 Å². The molecule has 0 saturated heterocycles. The monoisotopic (exact) mass is 281 g/mol. The number of benzene rings is 1. The molecular weight excluding hydrogens is 270 g/mol. The number of nitrogens with two attached hydrogens (primary N) is 1. The van der Waals surface area contributed by atoms with Crippen LogP contribution in [0.15, 0.2) is 29.8 Å². The molecule has 0 saturated carbocycles. The normalized spacial score (nSPS) is 10.3. The summed E-state index contributed by atoms with van der Waals surface area (Å²) in [5, 5.41) is 3.37. The van der Waals surface area contributed by atoms with E-state index in [9.17, 15) is 4.79 Å². The number of nitrogens with zero attached hydrogens (tertiary/aromatic N) is 1. The Labute approximate surface area is 114 Å². The molecule has 6 heteroatoms. The fourth-order valence-electron chi connectivity index (χ4n) is 1.48. The molecule has 2 rings (SSSR count). The van der Waals surface area contributed by atoms with E-state index in [1.54, 1.807) is 17.6 Å². The number of aromatic nitrogens is 1. The summed E-state index contributed by atoms with van der Waals surface area (Å²) >= 11 is 7.26. The Morgan fingerprint density at radius 2 is 2.11 bits per heavy atom. The molecule has 0 aliphatic rings. The van der Waals surface area contributed by atoms with E-state index < -0.39 is 0 Å². The summed E-state index contributed by atoms with van der Waals surface area (Å²) in [6.45, 7) is 0.850. The highest BCUT2D eigenvalue weighted by molar-refractivity contribution is 7.13. The second-order valence-corrected chi connectivity index (χ2v) is 4.87. The molecule has 0 bridgehead atoms. The van der Waals surface area contributed by atoms with Gasteiger partial charge in [-0.2, -0.15) is 0 Å². The summed E-state index contributed by atoms with van der Waals surface area (Å²) in [6, 6.07) is 7.32. The van der Waals surface area contributed by atoms with Crippen molar-refractivity contribution in [1.82, 2.24) is 10.3 Å². The lowest BCUT2D eigenvalue weighted by Crippen LogP contribution is -2.29. The molecular formula is C12H12ClN3OS. The number of thiazole rings is 1. The Balaban J connectivity index is 2.27. The molecule has 94 valence electrons. The van der Waals surface area contributed by atoms with Crippen LogP contribution in [-0.2, 0) is 0 Å². The van der Waals surface area contributed by atoms with E-state index in [0.29, 0.717) is 23.8 Å². The number of amides is 1. The zero-order valence-electron chi connectivity index (χ0n) is 9.52. The van der Waals surface area contributed by atoms with Crippen LogP contribution in [0.5, 0.6) is 0 Å². The zero-order valence-corrected chi connectivity index (χ0v) is 11.1. The van der Waals surface area contributed by atoms with Crippen LogP contribution in [0.25, 0.3) is 10.4 Å². The summed E-state index contributed by atoms with van der Waals surface area (Å²) in [4.78, 5) is 16.8. The van der Waals surface area contributed by atoms with Crippen molar-refractivity contribution in [2.45, 2.75) is 0 Å². The maximum Gasteiger partial charge on any atom is 0.271 e. The van der Waals surface area contributed by atoms with Crippen LogP contribution in [0, 0.1) is 0 Å². The number of carbonyl (C=O) groups excluding carboxylic acids is 1. The van der Waals surface area contributed by atoms with Gasteiger partial charge < -0.3 is 11.1 Å². The van der Waals surface area contributed by atoms with Gasteiger partial charge in [-0.15, -0.1) is 11.3 Å². The molecule has 1 amide bonds. The number of hydrogen-bond acceptors (Lipinski definition) is 4. The van der Waals surface area contributed by atoms with Gasteiger partial charge in [-0.1, -0.05) is 23.7 Å². The Bertz CT molecular complexity index is 539. The number of rotatable bonds is 4. The van der Waals surface area contributed by atoms with Crippen LogP contribution >= 0.6 is 22.9 Å². The van der Waals surface area contributed by atoms with E-state index in [1.807, 2.05) is 12.1 Å². The first-order chi connectivity index (χ1) is 8.72.